The minimum absolute atomic E-state index is 0.0632. The maximum absolute atomic E-state index is 14.5. The molecule has 2 heterocycles. The van der Waals surface area contributed by atoms with Crippen LogP contribution in [0, 0.1) is 18.2 Å². The Hall–Kier alpha value is -2.43. The van der Waals surface area contributed by atoms with E-state index in [9.17, 15) is 9.18 Å². The van der Waals surface area contributed by atoms with Crippen LogP contribution in [0.2, 0.25) is 0 Å². The monoisotopic (exact) mass is 326 g/mol. The third-order valence-corrected chi connectivity index (χ3v) is 4.89. The Bertz CT molecular complexity index is 879. The van der Waals surface area contributed by atoms with E-state index in [0.717, 1.165) is 17.7 Å². The molecule has 1 aliphatic carbocycles. The Morgan fingerprint density at radius 2 is 2.04 bits per heavy atom. The molecule has 124 valence electrons. The van der Waals surface area contributed by atoms with Crippen LogP contribution in [0.4, 0.5) is 10.3 Å². The summed E-state index contributed by atoms with van der Waals surface area (Å²) in [6.07, 6.45) is 1.18. The van der Waals surface area contributed by atoms with Crippen molar-refractivity contribution in [1.82, 2.24) is 5.16 Å². The molecule has 4 rings (SSSR count). The number of aryl methyl sites for hydroxylation is 1. The molecule has 2 aliphatic rings. The normalized spacial score (nSPS) is 22.0. The van der Waals surface area contributed by atoms with Crippen LogP contribution in [0.15, 0.2) is 40.1 Å². The molecule has 1 aromatic heterocycles. The van der Waals surface area contributed by atoms with Gasteiger partial charge in [0.05, 0.1) is 11.3 Å². The fourth-order valence-corrected chi connectivity index (χ4v) is 3.89. The largest absolute Gasteiger partial charge is 0.338 e. The average Bonchev–Trinajstić information content (AvgIpc) is 2.86. The first-order chi connectivity index (χ1) is 11.4. The number of benzene rings is 1. The Labute approximate surface area is 139 Å². The number of fused-ring (bicyclic) bond motifs is 1. The molecule has 0 unspecified atom stereocenters. The van der Waals surface area contributed by atoms with E-state index in [1.807, 2.05) is 6.92 Å². The second-order valence-electron chi connectivity index (χ2n) is 7.42. The maximum atomic E-state index is 14.5. The van der Waals surface area contributed by atoms with E-state index in [4.69, 9.17) is 4.52 Å². The number of halogens is 1. The molecule has 0 radical (unpaired) electrons. The predicted molar refractivity (Wildman–Crippen MR) is 88.2 cm³/mol. The molecule has 0 amide bonds. The van der Waals surface area contributed by atoms with Gasteiger partial charge in [0.15, 0.2) is 5.78 Å². The predicted octanol–water partition coefficient (Wildman–Crippen LogP) is 4.32. The molecule has 1 N–H and O–H groups in total. The van der Waals surface area contributed by atoms with Crippen molar-refractivity contribution in [2.75, 3.05) is 5.32 Å². The molecule has 1 atom stereocenters. The van der Waals surface area contributed by atoms with Crippen LogP contribution < -0.4 is 5.32 Å². The molecule has 0 saturated heterocycles. The number of ketones is 1. The van der Waals surface area contributed by atoms with E-state index >= 15 is 0 Å². The Kier molecular flexibility index (Phi) is 3.17. The van der Waals surface area contributed by atoms with Crippen LogP contribution in [0.3, 0.4) is 0 Å². The summed E-state index contributed by atoms with van der Waals surface area (Å²) in [7, 11) is 0. The van der Waals surface area contributed by atoms with E-state index in [1.165, 1.54) is 6.07 Å². The fourth-order valence-electron chi connectivity index (χ4n) is 3.89. The summed E-state index contributed by atoms with van der Waals surface area (Å²) in [5.74, 6) is -0.203. The summed E-state index contributed by atoms with van der Waals surface area (Å²) in [5, 5.41) is 7.26. The van der Waals surface area contributed by atoms with Crippen molar-refractivity contribution in [3.63, 3.8) is 0 Å². The lowest BCUT2D eigenvalue weighted by Gasteiger charge is -2.37. The van der Waals surface area contributed by atoms with Gasteiger partial charge in [-0.15, -0.1) is 0 Å². The highest BCUT2D eigenvalue weighted by Crippen LogP contribution is 2.50. The molecule has 4 nitrogen and oxygen atoms in total. The number of anilines is 1. The zero-order valence-corrected chi connectivity index (χ0v) is 13.9. The zero-order chi connectivity index (χ0) is 17.1. The summed E-state index contributed by atoms with van der Waals surface area (Å²) in [6.45, 7) is 5.95. The van der Waals surface area contributed by atoms with E-state index in [2.05, 4.69) is 24.3 Å². The van der Waals surface area contributed by atoms with Gasteiger partial charge in [0, 0.05) is 29.2 Å². The zero-order valence-electron chi connectivity index (χ0n) is 13.9. The molecular formula is C19H19FN2O2. The van der Waals surface area contributed by atoms with Gasteiger partial charge >= 0.3 is 0 Å². The standard InChI is InChI=1S/C19H19FN2O2/c1-10-15-16(11-6-4-5-7-12(11)20)17-13(21-18(15)24-22-10)8-19(2,3)9-14(17)23/h4-7,16,21H,8-9H2,1-3H3/t16-/m1/s1. The van der Waals surface area contributed by atoms with Crippen molar-refractivity contribution in [2.45, 2.75) is 39.5 Å². The van der Waals surface area contributed by atoms with Crippen molar-refractivity contribution < 1.29 is 13.7 Å². The van der Waals surface area contributed by atoms with Crippen molar-refractivity contribution >= 4 is 11.7 Å². The lowest BCUT2D eigenvalue weighted by Crippen LogP contribution is -2.33. The number of rotatable bonds is 1. The number of carbonyl (C=O) groups is 1. The van der Waals surface area contributed by atoms with E-state index < -0.39 is 5.92 Å². The van der Waals surface area contributed by atoms with Gasteiger partial charge in [-0.25, -0.2) is 4.39 Å². The molecule has 0 spiro atoms. The lowest BCUT2D eigenvalue weighted by atomic mass is 9.69. The molecule has 0 saturated carbocycles. The summed E-state index contributed by atoms with van der Waals surface area (Å²) in [5.41, 5.74) is 3.27. The lowest BCUT2D eigenvalue weighted by molar-refractivity contribution is -0.118. The van der Waals surface area contributed by atoms with Crippen LogP contribution in [-0.2, 0) is 4.79 Å². The van der Waals surface area contributed by atoms with Gasteiger partial charge in [-0.3, -0.25) is 4.79 Å². The summed E-state index contributed by atoms with van der Waals surface area (Å²) in [6, 6.07) is 6.61. The van der Waals surface area contributed by atoms with Gasteiger partial charge in [0.2, 0.25) is 5.88 Å². The number of allylic oxidation sites excluding steroid dienone is 2. The van der Waals surface area contributed by atoms with Gasteiger partial charge in [0.25, 0.3) is 0 Å². The number of hydrogen-bond donors (Lipinski definition) is 1. The molecule has 0 bridgehead atoms. The number of nitrogens with zero attached hydrogens (tertiary/aromatic N) is 1. The first-order valence-electron chi connectivity index (χ1n) is 8.11. The first-order valence-corrected chi connectivity index (χ1v) is 8.11. The first kappa shape index (κ1) is 15.1. The van der Waals surface area contributed by atoms with Gasteiger partial charge in [0.1, 0.15) is 5.82 Å². The van der Waals surface area contributed by atoms with Gasteiger partial charge in [-0.2, -0.15) is 0 Å². The topological polar surface area (TPSA) is 55.1 Å². The fraction of sp³-hybridized carbons (Fsp3) is 0.368. The summed E-state index contributed by atoms with van der Waals surface area (Å²) < 4.78 is 19.9. The highest BCUT2D eigenvalue weighted by atomic mass is 19.1. The average molecular weight is 326 g/mol. The molecular weight excluding hydrogens is 307 g/mol. The van der Waals surface area contributed by atoms with E-state index in [1.54, 1.807) is 18.2 Å². The Balaban J connectivity index is 1.97. The number of Topliss-reactive ketones (excluding diaryl/α,β-unsaturated/α-hetero) is 1. The van der Waals surface area contributed by atoms with Crippen molar-refractivity contribution in [3.8, 4) is 0 Å². The summed E-state index contributed by atoms with van der Waals surface area (Å²) in [4.78, 5) is 12.9. The summed E-state index contributed by atoms with van der Waals surface area (Å²) >= 11 is 0. The third kappa shape index (κ3) is 2.19. The van der Waals surface area contributed by atoms with Gasteiger partial charge in [-0.1, -0.05) is 37.2 Å². The van der Waals surface area contributed by atoms with Crippen molar-refractivity contribution in [1.29, 1.82) is 0 Å². The number of nitrogens with one attached hydrogen (secondary N) is 1. The minimum Gasteiger partial charge on any atom is -0.338 e. The molecule has 0 fully saturated rings. The quantitative estimate of drug-likeness (QED) is 0.848. The van der Waals surface area contributed by atoms with Crippen LogP contribution in [0.1, 0.15) is 49.4 Å². The molecule has 5 heteroatoms. The molecule has 24 heavy (non-hydrogen) atoms. The SMILES string of the molecule is Cc1noc2c1[C@@H](c1ccccc1F)C1=C(CC(C)(C)CC1=O)N2. The van der Waals surface area contributed by atoms with Crippen molar-refractivity contribution in [3.05, 3.63) is 58.2 Å². The maximum Gasteiger partial charge on any atom is 0.233 e. The van der Waals surface area contributed by atoms with Crippen molar-refractivity contribution in [2.24, 2.45) is 5.41 Å². The van der Waals surface area contributed by atoms with Gasteiger partial charge < -0.3 is 9.84 Å². The number of hydrogen-bond acceptors (Lipinski definition) is 4. The molecule has 1 aliphatic heterocycles. The minimum atomic E-state index is -0.465. The molecule has 1 aromatic carbocycles. The molecule has 2 aromatic rings. The number of aromatic nitrogens is 1. The van der Waals surface area contributed by atoms with Crippen LogP contribution in [-0.4, -0.2) is 10.9 Å². The highest BCUT2D eigenvalue weighted by Gasteiger charge is 2.43. The second-order valence-corrected chi connectivity index (χ2v) is 7.42. The van der Waals surface area contributed by atoms with Crippen LogP contribution >= 0.6 is 0 Å². The van der Waals surface area contributed by atoms with Crippen LogP contribution in [0.25, 0.3) is 0 Å². The van der Waals surface area contributed by atoms with Gasteiger partial charge in [-0.05, 0) is 24.8 Å². The smallest absolute Gasteiger partial charge is 0.233 e. The van der Waals surface area contributed by atoms with E-state index in [0.29, 0.717) is 29.1 Å². The van der Waals surface area contributed by atoms with Crippen LogP contribution in [0.5, 0.6) is 0 Å². The second kappa shape index (κ2) is 5.03. The van der Waals surface area contributed by atoms with E-state index in [-0.39, 0.29) is 17.0 Å². The Morgan fingerprint density at radius 1 is 1.29 bits per heavy atom. The third-order valence-electron chi connectivity index (χ3n) is 4.89. The number of carbonyl (C=O) groups excluding carboxylic acids is 1. The Morgan fingerprint density at radius 3 is 2.79 bits per heavy atom. The highest BCUT2D eigenvalue weighted by molar-refractivity contribution is 6.01.